The Labute approximate surface area is 107 Å². The normalized spacial score (nSPS) is 16.4. The zero-order valence-electron chi connectivity index (χ0n) is 10.5. The second kappa shape index (κ2) is 7.08. The number of nitrogens with one attached hydrogen (secondary N) is 1. The molecule has 1 N–H and O–H groups in total. The first kappa shape index (κ1) is 13.0. The number of hydrogen-bond acceptors (Lipinski definition) is 4. The molecule has 1 aliphatic heterocycles. The Hall–Kier alpha value is -1.46. The molecule has 0 atom stereocenters. The summed E-state index contributed by atoms with van der Waals surface area (Å²) in [6.07, 6.45) is 3.83. The Bertz CT molecular complexity index is 364. The summed E-state index contributed by atoms with van der Waals surface area (Å²) < 4.78 is 5.27. The molecule has 1 aliphatic rings. The van der Waals surface area contributed by atoms with E-state index in [4.69, 9.17) is 4.74 Å². The maximum Gasteiger partial charge on any atom is 0.224 e. The molecule has 2 heterocycles. The molecule has 0 spiro atoms. The molecule has 0 unspecified atom stereocenters. The van der Waals surface area contributed by atoms with Gasteiger partial charge < -0.3 is 10.1 Å². The van der Waals surface area contributed by atoms with Crippen molar-refractivity contribution in [2.45, 2.75) is 6.42 Å². The summed E-state index contributed by atoms with van der Waals surface area (Å²) in [6.45, 7) is 5.10. The summed E-state index contributed by atoms with van der Waals surface area (Å²) in [4.78, 5) is 17.9. The summed E-state index contributed by atoms with van der Waals surface area (Å²) in [7, 11) is 0. The van der Waals surface area contributed by atoms with Crippen molar-refractivity contribution in [1.29, 1.82) is 0 Å². The van der Waals surface area contributed by atoms with Crippen LogP contribution in [0.3, 0.4) is 0 Å². The van der Waals surface area contributed by atoms with Gasteiger partial charge in [-0.1, -0.05) is 0 Å². The van der Waals surface area contributed by atoms with Crippen LogP contribution >= 0.6 is 0 Å². The van der Waals surface area contributed by atoms with E-state index in [1.54, 1.807) is 12.4 Å². The number of carbonyl (C=O) groups excluding carboxylic acids is 1. The Kier molecular flexibility index (Phi) is 5.11. The maximum absolute atomic E-state index is 11.7. The Morgan fingerprint density at radius 2 is 2.06 bits per heavy atom. The van der Waals surface area contributed by atoms with Gasteiger partial charge in [0.2, 0.25) is 5.91 Å². The molecule has 1 saturated heterocycles. The van der Waals surface area contributed by atoms with Crippen LogP contribution in [0, 0.1) is 0 Å². The van der Waals surface area contributed by atoms with Crippen LogP contribution in [0.5, 0.6) is 0 Å². The molecule has 0 radical (unpaired) electrons. The number of amides is 1. The van der Waals surface area contributed by atoms with Gasteiger partial charge in [-0.2, -0.15) is 0 Å². The summed E-state index contributed by atoms with van der Waals surface area (Å²) in [6, 6.07) is 3.73. The molecule has 98 valence electrons. The van der Waals surface area contributed by atoms with Crippen LogP contribution < -0.4 is 5.32 Å². The maximum atomic E-state index is 11.7. The standard InChI is InChI=1S/C13H19N3O2/c17-13(11-12-1-3-14-4-2-12)15-5-6-16-7-9-18-10-8-16/h1-4H,5-11H2,(H,15,17). The summed E-state index contributed by atoms with van der Waals surface area (Å²) >= 11 is 0. The molecule has 0 saturated carbocycles. The average Bonchev–Trinajstić information content (AvgIpc) is 2.41. The van der Waals surface area contributed by atoms with Gasteiger partial charge in [0.15, 0.2) is 0 Å². The summed E-state index contributed by atoms with van der Waals surface area (Å²) in [5.41, 5.74) is 0.994. The first-order chi connectivity index (χ1) is 8.84. The van der Waals surface area contributed by atoms with Crippen molar-refractivity contribution in [1.82, 2.24) is 15.2 Å². The predicted molar refractivity (Wildman–Crippen MR) is 68.2 cm³/mol. The van der Waals surface area contributed by atoms with Crippen LogP contribution in [0.15, 0.2) is 24.5 Å². The van der Waals surface area contributed by atoms with Crippen molar-refractivity contribution in [2.75, 3.05) is 39.4 Å². The first-order valence-electron chi connectivity index (χ1n) is 6.30. The molecule has 0 aliphatic carbocycles. The molecular formula is C13H19N3O2. The molecule has 5 heteroatoms. The number of carbonyl (C=O) groups is 1. The van der Waals surface area contributed by atoms with Gasteiger partial charge >= 0.3 is 0 Å². The molecule has 5 nitrogen and oxygen atoms in total. The van der Waals surface area contributed by atoms with E-state index in [0.29, 0.717) is 13.0 Å². The SMILES string of the molecule is O=C(Cc1ccncc1)NCCN1CCOCC1. The molecule has 1 amide bonds. The second-order valence-corrected chi connectivity index (χ2v) is 4.34. The lowest BCUT2D eigenvalue weighted by Gasteiger charge is -2.26. The minimum absolute atomic E-state index is 0.0643. The molecule has 1 fully saturated rings. The fourth-order valence-corrected chi connectivity index (χ4v) is 1.93. The van der Waals surface area contributed by atoms with E-state index in [-0.39, 0.29) is 5.91 Å². The van der Waals surface area contributed by atoms with Gasteiger partial charge in [-0.05, 0) is 17.7 Å². The molecule has 18 heavy (non-hydrogen) atoms. The zero-order chi connectivity index (χ0) is 12.6. The number of pyridine rings is 1. The molecule has 0 aromatic carbocycles. The van der Waals surface area contributed by atoms with E-state index in [1.165, 1.54) is 0 Å². The van der Waals surface area contributed by atoms with Gasteiger partial charge in [-0.3, -0.25) is 14.7 Å². The largest absolute Gasteiger partial charge is 0.379 e. The van der Waals surface area contributed by atoms with Crippen LogP contribution in [0.4, 0.5) is 0 Å². The topological polar surface area (TPSA) is 54.5 Å². The Morgan fingerprint density at radius 1 is 1.33 bits per heavy atom. The fraction of sp³-hybridized carbons (Fsp3) is 0.538. The molecule has 1 aromatic heterocycles. The number of aromatic nitrogens is 1. The van der Waals surface area contributed by atoms with Crippen LogP contribution in [-0.2, 0) is 16.0 Å². The van der Waals surface area contributed by atoms with Gasteiger partial charge in [-0.25, -0.2) is 0 Å². The number of nitrogens with zero attached hydrogens (tertiary/aromatic N) is 2. The summed E-state index contributed by atoms with van der Waals surface area (Å²) in [5.74, 6) is 0.0643. The highest BCUT2D eigenvalue weighted by Crippen LogP contribution is 1.97. The monoisotopic (exact) mass is 249 g/mol. The second-order valence-electron chi connectivity index (χ2n) is 4.34. The minimum atomic E-state index is 0.0643. The zero-order valence-corrected chi connectivity index (χ0v) is 10.5. The average molecular weight is 249 g/mol. The van der Waals surface area contributed by atoms with Gasteiger partial charge in [-0.15, -0.1) is 0 Å². The highest BCUT2D eigenvalue weighted by molar-refractivity contribution is 5.78. The number of morpholine rings is 1. The van der Waals surface area contributed by atoms with Crippen molar-refractivity contribution >= 4 is 5.91 Å². The van der Waals surface area contributed by atoms with Gasteiger partial charge in [0.1, 0.15) is 0 Å². The third-order valence-corrected chi connectivity index (χ3v) is 2.97. The lowest BCUT2D eigenvalue weighted by atomic mass is 10.2. The van der Waals surface area contributed by atoms with Gasteiger partial charge in [0.25, 0.3) is 0 Å². The highest BCUT2D eigenvalue weighted by atomic mass is 16.5. The highest BCUT2D eigenvalue weighted by Gasteiger charge is 2.10. The number of ether oxygens (including phenoxy) is 1. The third-order valence-electron chi connectivity index (χ3n) is 2.97. The van der Waals surface area contributed by atoms with Crippen molar-refractivity contribution in [3.8, 4) is 0 Å². The summed E-state index contributed by atoms with van der Waals surface area (Å²) in [5, 5.41) is 2.94. The van der Waals surface area contributed by atoms with E-state index in [9.17, 15) is 4.79 Å². The van der Waals surface area contributed by atoms with Crippen LogP contribution in [-0.4, -0.2) is 55.2 Å². The van der Waals surface area contributed by atoms with E-state index in [2.05, 4.69) is 15.2 Å². The Morgan fingerprint density at radius 3 is 2.78 bits per heavy atom. The quantitative estimate of drug-likeness (QED) is 0.802. The lowest BCUT2D eigenvalue weighted by Crippen LogP contribution is -2.41. The molecule has 1 aromatic rings. The smallest absolute Gasteiger partial charge is 0.224 e. The van der Waals surface area contributed by atoms with Gasteiger partial charge in [0.05, 0.1) is 19.6 Å². The lowest BCUT2D eigenvalue weighted by molar-refractivity contribution is -0.120. The predicted octanol–water partition coefficient (Wildman–Crippen LogP) is 0.0725. The minimum Gasteiger partial charge on any atom is -0.379 e. The van der Waals surface area contributed by atoms with Crippen LogP contribution in [0.1, 0.15) is 5.56 Å². The van der Waals surface area contributed by atoms with E-state index >= 15 is 0 Å². The van der Waals surface area contributed by atoms with E-state index in [1.807, 2.05) is 12.1 Å². The molecule has 2 rings (SSSR count). The van der Waals surface area contributed by atoms with Crippen molar-refractivity contribution in [3.63, 3.8) is 0 Å². The van der Waals surface area contributed by atoms with Crippen molar-refractivity contribution in [2.24, 2.45) is 0 Å². The van der Waals surface area contributed by atoms with Crippen molar-refractivity contribution in [3.05, 3.63) is 30.1 Å². The Balaban J connectivity index is 1.62. The van der Waals surface area contributed by atoms with Gasteiger partial charge in [0, 0.05) is 38.6 Å². The van der Waals surface area contributed by atoms with Crippen LogP contribution in [0.25, 0.3) is 0 Å². The molecule has 0 bridgehead atoms. The number of hydrogen-bond donors (Lipinski definition) is 1. The fourth-order valence-electron chi connectivity index (χ4n) is 1.93. The van der Waals surface area contributed by atoms with Crippen LogP contribution in [0.2, 0.25) is 0 Å². The molecular weight excluding hydrogens is 230 g/mol. The number of rotatable bonds is 5. The van der Waals surface area contributed by atoms with Crippen molar-refractivity contribution < 1.29 is 9.53 Å². The van der Waals surface area contributed by atoms with E-state index in [0.717, 1.165) is 38.4 Å². The first-order valence-corrected chi connectivity index (χ1v) is 6.30. The van der Waals surface area contributed by atoms with E-state index < -0.39 is 0 Å². The third kappa shape index (κ3) is 4.43.